The van der Waals surface area contributed by atoms with E-state index in [-0.39, 0.29) is 0 Å². The molecule has 0 fully saturated rings. The van der Waals surface area contributed by atoms with Crippen LogP contribution in [0.15, 0.2) is 0 Å². The second-order valence-electron chi connectivity index (χ2n) is 2.81. The van der Waals surface area contributed by atoms with Crippen molar-refractivity contribution in [1.29, 1.82) is 0 Å². The number of hydrogen-bond donors (Lipinski definition) is 1. The van der Waals surface area contributed by atoms with Gasteiger partial charge in [-0.3, -0.25) is 4.86 Å². The first-order valence-corrected chi connectivity index (χ1v) is 5.10. The third-order valence-electron chi connectivity index (χ3n) is 1.84. The largest absolute Gasteiger partial charge is 0.260 e. The summed E-state index contributed by atoms with van der Waals surface area (Å²) in [4.78, 5) is 2.97. The minimum absolute atomic E-state index is 1.20. The fourth-order valence-electron chi connectivity index (χ4n) is 1.09. The van der Waals surface area contributed by atoms with Crippen molar-refractivity contribution in [2.75, 3.05) is 0 Å². The van der Waals surface area contributed by atoms with Gasteiger partial charge in [-0.2, -0.15) is 5.10 Å². The Bertz CT molecular complexity index is 208. The Morgan fingerprint density at radius 2 is 2.27 bits per heavy atom. The highest BCUT2D eigenvalue weighted by Gasteiger charge is 1.99. The SMILES string of the molecule is CCCCCc1p[nH]nc1C. The van der Waals surface area contributed by atoms with Crippen LogP contribution in [0.3, 0.4) is 0 Å². The van der Waals surface area contributed by atoms with Crippen LogP contribution < -0.4 is 0 Å². The number of aromatic nitrogens is 2. The summed E-state index contributed by atoms with van der Waals surface area (Å²) in [7, 11) is 1.21. The van der Waals surface area contributed by atoms with Gasteiger partial charge in [0.1, 0.15) is 0 Å². The molecule has 1 rings (SSSR count). The molecule has 1 aromatic heterocycles. The Kier molecular flexibility index (Phi) is 3.58. The predicted molar refractivity (Wildman–Crippen MR) is 49.1 cm³/mol. The smallest absolute Gasteiger partial charge is 0.0671 e. The van der Waals surface area contributed by atoms with Crippen LogP contribution in [0.2, 0.25) is 0 Å². The molecule has 0 aliphatic heterocycles. The van der Waals surface area contributed by atoms with Gasteiger partial charge in [-0.15, -0.1) is 0 Å². The molecule has 3 heteroatoms. The molecule has 0 saturated heterocycles. The van der Waals surface area contributed by atoms with Gasteiger partial charge in [0.25, 0.3) is 0 Å². The number of aromatic amines is 1. The highest BCUT2D eigenvalue weighted by Crippen LogP contribution is 2.17. The van der Waals surface area contributed by atoms with Crippen molar-refractivity contribution in [3.8, 4) is 0 Å². The van der Waals surface area contributed by atoms with E-state index in [1.807, 2.05) is 0 Å². The summed E-state index contributed by atoms with van der Waals surface area (Å²) in [6.07, 6.45) is 5.17. The molecule has 1 heterocycles. The van der Waals surface area contributed by atoms with Crippen LogP contribution >= 0.6 is 8.35 Å². The number of nitrogens with zero attached hydrogens (tertiary/aromatic N) is 1. The van der Waals surface area contributed by atoms with Gasteiger partial charge in [0, 0.05) is 13.6 Å². The summed E-state index contributed by atoms with van der Waals surface area (Å²) in [5.41, 5.74) is 1.20. The summed E-state index contributed by atoms with van der Waals surface area (Å²) < 4.78 is 0. The fourth-order valence-corrected chi connectivity index (χ4v) is 1.89. The summed E-state index contributed by atoms with van der Waals surface area (Å²) in [6, 6.07) is 0. The van der Waals surface area contributed by atoms with Crippen LogP contribution in [0, 0.1) is 6.92 Å². The van der Waals surface area contributed by atoms with Gasteiger partial charge in [0.15, 0.2) is 0 Å². The standard InChI is InChI=1S/C8H15N2P/c1-3-4-5-6-8-7(2)9-10-11-8/h3-6H2,1-2H3,(H,9,10). The van der Waals surface area contributed by atoms with Gasteiger partial charge < -0.3 is 0 Å². The highest BCUT2D eigenvalue weighted by atomic mass is 31.0. The van der Waals surface area contributed by atoms with Crippen LogP contribution in [-0.2, 0) is 6.42 Å². The maximum Gasteiger partial charge on any atom is 0.0671 e. The lowest BCUT2D eigenvalue weighted by atomic mass is 10.2. The molecule has 0 aliphatic carbocycles. The predicted octanol–water partition coefficient (Wildman–Crippen LogP) is 3.03. The minimum Gasteiger partial charge on any atom is -0.260 e. The van der Waals surface area contributed by atoms with E-state index in [0.29, 0.717) is 0 Å². The van der Waals surface area contributed by atoms with Gasteiger partial charge in [0.2, 0.25) is 0 Å². The molecule has 0 atom stereocenters. The van der Waals surface area contributed by atoms with E-state index in [1.54, 1.807) is 0 Å². The minimum atomic E-state index is 1.20. The Morgan fingerprint density at radius 3 is 2.82 bits per heavy atom. The van der Waals surface area contributed by atoms with Crippen LogP contribution in [0.25, 0.3) is 0 Å². The number of aryl methyl sites for hydroxylation is 2. The molecule has 0 saturated carbocycles. The molecule has 0 bridgehead atoms. The van der Waals surface area contributed by atoms with Crippen molar-refractivity contribution in [3.63, 3.8) is 0 Å². The van der Waals surface area contributed by atoms with Crippen molar-refractivity contribution >= 4 is 8.35 Å². The lowest BCUT2D eigenvalue weighted by Gasteiger charge is -1.95. The summed E-state index contributed by atoms with van der Waals surface area (Å²) >= 11 is 0. The quantitative estimate of drug-likeness (QED) is 0.691. The molecule has 11 heavy (non-hydrogen) atoms. The molecule has 62 valence electrons. The van der Waals surface area contributed by atoms with Gasteiger partial charge in [0.05, 0.1) is 5.69 Å². The molecular weight excluding hydrogens is 155 g/mol. The van der Waals surface area contributed by atoms with Gasteiger partial charge in [-0.05, 0) is 19.8 Å². The monoisotopic (exact) mass is 170 g/mol. The van der Waals surface area contributed by atoms with E-state index in [4.69, 9.17) is 0 Å². The second-order valence-corrected chi connectivity index (χ2v) is 3.78. The molecular formula is C8H15N2P. The number of rotatable bonds is 4. The third-order valence-corrected chi connectivity index (χ3v) is 2.85. The normalized spacial score (nSPS) is 11.1. The molecule has 1 N–H and O–H groups in total. The van der Waals surface area contributed by atoms with Gasteiger partial charge in [-0.1, -0.05) is 19.8 Å². The molecule has 2 nitrogen and oxygen atoms in total. The van der Waals surface area contributed by atoms with E-state index in [2.05, 4.69) is 23.8 Å². The molecule has 0 aromatic carbocycles. The van der Waals surface area contributed by atoms with E-state index in [0.717, 1.165) is 0 Å². The highest BCUT2D eigenvalue weighted by molar-refractivity contribution is 7.26. The first-order chi connectivity index (χ1) is 5.34. The number of H-pyrrole nitrogens is 1. The Labute approximate surface area is 69.6 Å². The molecule has 1 aromatic rings. The summed E-state index contributed by atoms with van der Waals surface area (Å²) in [5, 5.41) is 5.58. The zero-order chi connectivity index (χ0) is 8.10. The maximum absolute atomic E-state index is 4.11. The Hall–Kier alpha value is -0.360. The van der Waals surface area contributed by atoms with Crippen molar-refractivity contribution in [2.45, 2.75) is 39.5 Å². The molecule has 0 amide bonds. The average molecular weight is 170 g/mol. The first kappa shape index (κ1) is 8.73. The lowest BCUT2D eigenvalue weighted by Crippen LogP contribution is -1.83. The van der Waals surface area contributed by atoms with E-state index in [9.17, 15) is 0 Å². The topological polar surface area (TPSA) is 28.7 Å². The van der Waals surface area contributed by atoms with Gasteiger partial charge >= 0.3 is 0 Å². The second kappa shape index (κ2) is 4.50. The summed E-state index contributed by atoms with van der Waals surface area (Å²) in [6.45, 7) is 4.31. The maximum atomic E-state index is 4.11. The molecule has 0 aliphatic rings. The number of hydrogen-bond acceptors (Lipinski definition) is 1. The molecule has 0 radical (unpaired) electrons. The van der Waals surface area contributed by atoms with Crippen LogP contribution in [0.4, 0.5) is 0 Å². The lowest BCUT2D eigenvalue weighted by molar-refractivity contribution is 0.720. The first-order valence-electron chi connectivity index (χ1n) is 4.21. The van der Waals surface area contributed by atoms with Crippen molar-refractivity contribution in [3.05, 3.63) is 11.0 Å². The van der Waals surface area contributed by atoms with Crippen molar-refractivity contribution in [1.82, 2.24) is 9.96 Å². The molecule has 0 spiro atoms. The van der Waals surface area contributed by atoms with Crippen LogP contribution in [-0.4, -0.2) is 9.96 Å². The zero-order valence-corrected chi connectivity index (χ0v) is 8.12. The summed E-state index contributed by atoms with van der Waals surface area (Å²) in [5.74, 6) is 0. The van der Waals surface area contributed by atoms with Crippen molar-refractivity contribution < 1.29 is 0 Å². The van der Waals surface area contributed by atoms with E-state index >= 15 is 0 Å². The fraction of sp³-hybridized carbons (Fsp3) is 0.750. The van der Waals surface area contributed by atoms with Crippen LogP contribution in [0.1, 0.15) is 37.2 Å². The van der Waals surface area contributed by atoms with E-state index < -0.39 is 0 Å². The van der Waals surface area contributed by atoms with E-state index in [1.165, 1.54) is 45.0 Å². The Balaban J connectivity index is 2.32. The zero-order valence-electron chi connectivity index (χ0n) is 7.22. The molecule has 0 unspecified atom stereocenters. The van der Waals surface area contributed by atoms with Gasteiger partial charge in [-0.25, -0.2) is 0 Å². The number of nitrogens with one attached hydrogen (secondary N) is 1. The van der Waals surface area contributed by atoms with Crippen molar-refractivity contribution in [2.24, 2.45) is 0 Å². The number of unbranched alkanes of at least 4 members (excludes halogenated alkanes) is 2. The van der Waals surface area contributed by atoms with Crippen LogP contribution in [0.5, 0.6) is 0 Å². The average Bonchev–Trinajstić information content (AvgIpc) is 2.37. The Morgan fingerprint density at radius 1 is 1.45 bits per heavy atom. The third kappa shape index (κ3) is 2.63.